The van der Waals surface area contributed by atoms with Crippen LogP contribution < -0.4 is 10.6 Å². The van der Waals surface area contributed by atoms with Crippen LogP contribution >= 0.6 is 0 Å². The van der Waals surface area contributed by atoms with Crippen LogP contribution in [0.4, 0.5) is 10.1 Å². The number of nitriles is 1. The molecule has 1 unspecified atom stereocenters. The molecule has 1 atom stereocenters. The van der Waals surface area contributed by atoms with Gasteiger partial charge in [-0.2, -0.15) is 5.26 Å². The zero-order valence-corrected chi connectivity index (χ0v) is 10.6. The van der Waals surface area contributed by atoms with Gasteiger partial charge in [0.2, 0.25) is 0 Å². The predicted molar refractivity (Wildman–Crippen MR) is 70.0 cm³/mol. The van der Waals surface area contributed by atoms with Crippen LogP contribution in [0, 0.1) is 24.1 Å². The molecule has 1 aromatic rings. The summed E-state index contributed by atoms with van der Waals surface area (Å²) in [4.78, 5) is 0. The molecule has 0 spiro atoms. The third-order valence-electron chi connectivity index (χ3n) is 3.41. The van der Waals surface area contributed by atoms with E-state index >= 15 is 0 Å². The summed E-state index contributed by atoms with van der Waals surface area (Å²) in [5.41, 5.74) is 1.71. The van der Waals surface area contributed by atoms with E-state index in [2.05, 4.69) is 10.6 Å². The van der Waals surface area contributed by atoms with Gasteiger partial charge in [-0.3, -0.25) is 0 Å². The first-order valence-corrected chi connectivity index (χ1v) is 6.38. The van der Waals surface area contributed by atoms with Gasteiger partial charge in [-0.15, -0.1) is 0 Å². The maximum absolute atomic E-state index is 13.7. The predicted octanol–water partition coefficient (Wildman–Crippen LogP) is 2.56. The number of hydrogen-bond donors (Lipinski definition) is 2. The first kappa shape index (κ1) is 12.8. The molecule has 1 aliphatic heterocycles. The van der Waals surface area contributed by atoms with E-state index in [4.69, 9.17) is 5.26 Å². The second-order valence-electron chi connectivity index (χ2n) is 4.76. The molecule has 4 heteroatoms. The highest BCUT2D eigenvalue weighted by Gasteiger charge is 2.14. The fourth-order valence-corrected chi connectivity index (χ4v) is 2.28. The molecule has 1 saturated heterocycles. The van der Waals surface area contributed by atoms with Gasteiger partial charge < -0.3 is 10.6 Å². The summed E-state index contributed by atoms with van der Waals surface area (Å²) < 4.78 is 13.7. The van der Waals surface area contributed by atoms with E-state index < -0.39 is 0 Å². The lowest BCUT2D eigenvalue weighted by molar-refractivity contribution is 0.612. The Balaban J connectivity index is 2.17. The average molecular weight is 247 g/mol. The standard InChI is InChI=1S/C14H18FN3/c1-10-13(15)7-11(9-16)8-14(10)18-12-3-2-5-17-6-4-12/h7-8,12,17-18H,2-6H2,1H3. The normalized spacial score (nSPS) is 19.9. The smallest absolute Gasteiger partial charge is 0.129 e. The molecule has 3 nitrogen and oxygen atoms in total. The molecule has 1 heterocycles. The Morgan fingerprint density at radius 1 is 1.39 bits per heavy atom. The molecule has 0 amide bonds. The Morgan fingerprint density at radius 3 is 3.00 bits per heavy atom. The molecule has 0 radical (unpaired) electrons. The van der Waals surface area contributed by atoms with Crippen molar-refractivity contribution < 1.29 is 4.39 Å². The molecule has 0 aromatic heterocycles. The van der Waals surface area contributed by atoms with Crippen LogP contribution in [-0.4, -0.2) is 19.1 Å². The summed E-state index contributed by atoms with van der Waals surface area (Å²) >= 11 is 0. The lowest BCUT2D eigenvalue weighted by Gasteiger charge is -2.19. The third kappa shape index (κ3) is 2.99. The van der Waals surface area contributed by atoms with Crippen molar-refractivity contribution in [3.8, 4) is 6.07 Å². The van der Waals surface area contributed by atoms with Crippen molar-refractivity contribution in [3.63, 3.8) is 0 Å². The Kier molecular flexibility index (Phi) is 4.16. The lowest BCUT2D eigenvalue weighted by atomic mass is 10.1. The van der Waals surface area contributed by atoms with Crippen LogP contribution in [-0.2, 0) is 0 Å². The SMILES string of the molecule is Cc1c(F)cc(C#N)cc1NC1CCCNCC1. The number of anilines is 1. The van der Waals surface area contributed by atoms with Crippen LogP contribution in [0.1, 0.15) is 30.4 Å². The fraction of sp³-hybridized carbons (Fsp3) is 0.500. The number of nitrogens with one attached hydrogen (secondary N) is 2. The van der Waals surface area contributed by atoms with E-state index in [1.54, 1.807) is 13.0 Å². The second-order valence-corrected chi connectivity index (χ2v) is 4.76. The highest BCUT2D eigenvalue weighted by Crippen LogP contribution is 2.23. The van der Waals surface area contributed by atoms with Gasteiger partial charge in [0.1, 0.15) is 5.82 Å². The molecule has 96 valence electrons. The molecule has 1 aromatic carbocycles. The van der Waals surface area contributed by atoms with E-state index in [0.717, 1.165) is 38.0 Å². The van der Waals surface area contributed by atoms with Crippen molar-refractivity contribution in [2.24, 2.45) is 0 Å². The molecule has 1 fully saturated rings. The molecule has 0 aliphatic carbocycles. The number of benzene rings is 1. The Morgan fingerprint density at radius 2 is 2.22 bits per heavy atom. The quantitative estimate of drug-likeness (QED) is 0.844. The van der Waals surface area contributed by atoms with Crippen LogP contribution in [0.5, 0.6) is 0 Å². The number of hydrogen-bond acceptors (Lipinski definition) is 3. The van der Waals surface area contributed by atoms with Crippen LogP contribution in [0.2, 0.25) is 0 Å². The summed E-state index contributed by atoms with van der Waals surface area (Å²) in [6, 6.07) is 5.37. The first-order valence-electron chi connectivity index (χ1n) is 6.38. The van der Waals surface area contributed by atoms with Crippen molar-refractivity contribution in [2.45, 2.75) is 32.2 Å². The van der Waals surface area contributed by atoms with Gasteiger partial charge in [-0.25, -0.2) is 4.39 Å². The maximum Gasteiger partial charge on any atom is 0.129 e. The first-order chi connectivity index (χ1) is 8.70. The summed E-state index contributed by atoms with van der Waals surface area (Å²) in [7, 11) is 0. The Labute approximate surface area is 107 Å². The van der Waals surface area contributed by atoms with Crippen molar-refractivity contribution in [1.82, 2.24) is 5.32 Å². The Hall–Kier alpha value is -1.60. The third-order valence-corrected chi connectivity index (χ3v) is 3.41. The molecular weight excluding hydrogens is 229 g/mol. The van der Waals surface area contributed by atoms with E-state index in [9.17, 15) is 4.39 Å². The van der Waals surface area contributed by atoms with Gasteiger partial charge in [0.25, 0.3) is 0 Å². The van der Waals surface area contributed by atoms with Gasteiger partial charge in [-0.05, 0) is 51.4 Å². The molecule has 0 bridgehead atoms. The van der Waals surface area contributed by atoms with E-state index in [1.807, 2.05) is 6.07 Å². The molecule has 2 rings (SSSR count). The summed E-state index contributed by atoms with van der Waals surface area (Å²) in [6.07, 6.45) is 3.22. The summed E-state index contributed by atoms with van der Waals surface area (Å²) in [5.74, 6) is -0.316. The topological polar surface area (TPSA) is 47.9 Å². The van der Waals surface area contributed by atoms with Crippen molar-refractivity contribution in [3.05, 3.63) is 29.1 Å². The van der Waals surface area contributed by atoms with Crippen LogP contribution in [0.25, 0.3) is 0 Å². The minimum Gasteiger partial charge on any atom is -0.382 e. The van der Waals surface area contributed by atoms with E-state index in [1.165, 1.54) is 6.07 Å². The highest BCUT2D eigenvalue weighted by molar-refractivity contribution is 5.56. The van der Waals surface area contributed by atoms with Crippen LogP contribution in [0.3, 0.4) is 0 Å². The fourth-order valence-electron chi connectivity index (χ4n) is 2.28. The monoisotopic (exact) mass is 247 g/mol. The zero-order valence-electron chi connectivity index (χ0n) is 10.6. The summed E-state index contributed by atoms with van der Waals surface area (Å²) in [6.45, 7) is 3.77. The van der Waals surface area contributed by atoms with Gasteiger partial charge >= 0.3 is 0 Å². The molecule has 2 N–H and O–H groups in total. The minimum atomic E-state index is -0.316. The second kappa shape index (κ2) is 5.83. The van der Waals surface area contributed by atoms with Gasteiger partial charge in [0.05, 0.1) is 11.6 Å². The van der Waals surface area contributed by atoms with Crippen LogP contribution in [0.15, 0.2) is 12.1 Å². The highest BCUT2D eigenvalue weighted by atomic mass is 19.1. The van der Waals surface area contributed by atoms with Gasteiger partial charge in [0.15, 0.2) is 0 Å². The molecule has 18 heavy (non-hydrogen) atoms. The number of rotatable bonds is 2. The van der Waals surface area contributed by atoms with Crippen molar-refractivity contribution in [2.75, 3.05) is 18.4 Å². The minimum absolute atomic E-state index is 0.316. The van der Waals surface area contributed by atoms with Gasteiger partial charge in [0, 0.05) is 17.3 Å². The average Bonchev–Trinajstić information content (AvgIpc) is 2.63. The number of halogens is 1. The van der Waals surface area contributed by atoms with Crippen molar-refractivity contribution in [1.29, 1.82) is 5.26 Å². The molecule has 0 saturated carbocycles. The molecule has 1 aliphatic rings. The molecular formula is C14H18FN3. The zero-order chi connectivity index (χ0) is 13.0. The summed E-state index contributed by atoms with van der Waals surface area (Å²) in [5, 5.41) is 15.6. The van der Waals surface area contributed by atoms with E-state index in [0.29, 0.717) is 17.2 Å². The number of nitrogens with zero attached hydrogens (tertiary/aromatic N) is 1. The Bertz CT molecular complexity index is 457. The van der Waals surface area contributed by atoms with Gasteiger partial charge in [-0.1, -0.05) is 0 Å². The lowest BCUT2D eigenvalue weighted by Crippen LogP contribution is -2.22. The maximum atomic E-state index is 13.7. The van der Waals surface area contributed by atoms with Crippen molar-refractivity contribution >= 4 is 5.69 Å². The van der Waals surface area contributed by atoms with E-state index in [-0.39, 0.29) is 5.82 Å². The largest absolute Gasteiger partial charge is 0.382 e.